The van der Waals surface area contributed by atoms with Gasteiger partial charge in [0.2, 0.25) is 5.91 Å². The molecule has 0 bridgehead atoms. The predicted molar refractivity (Wildman–Crippen MR) is 66.1 cm³/mol. The SMILES string of the molecule is CN(C(=O)C1CC1)c1cn2ncc(C(=O)O)c2cn1. The lowest BCUT2D eigenvalue weighted by molar-refractivity contribution is -0.119. The van der Waals surface area contributed by atoms with Gasteiger partial charge in [-0.05, 0) is 12.8 Å². The molecule has 1 fully saturated rings. The fourth-order valence-electron chi connectivity index (χ4n) is 1.93. The van der Waals surface area contributed by atoms with Crippen LogP contribution in [0.15, 0.2) is 18.6 Å². The third-order valence-corrected chi connectivity index (χ3v) is 3.22. The Morgan fingerprint density at radius 1 is 1.42 bits per heavy atom. The molecule has 98 valence electrons. The van der Waals surface area contributed by atoms with E-state index in [1.165, 1.54) is 21.8 Å². The fraction of sp³-hybridized carbons (Fsp3) is 0.333. The number of carbonyl (C=O) groups is 2. The van der Waals surface area contributed by atoms with Crippen molar-refractivity contribution in [2.45, 2.75) is 12.8 Å². The van der Waals surface area contributed by atoms with Gasteiger partial charge in [-0.2, -0.15) is 5.10 Å². The Labute approximate surface area is 108 Å². The first kappa shape index (κ1) is 11.6. The second-order valence-electron chi connectivity index (χ2n) is 4.61. The number of carbonyl (C=O) groups excluding carboxylic acids is 1. The average Bonchev–Trinajstić information content (AvgIpc) is 3.15. The summed E-state index contributed by atoms with van der Waals surface area (Å²) in [5.74, 6) is -0.441. The first-order chi connectivity index (χ1) is 9.08. The van der Waals surface area contributed by atoms with Crippen molar-refractivity contribution in [3.05, 3.63) is 24.2 Å². The Morgan fingerprint density at radius 3 is 2.79 bits per heavy atom. The smallest absolute Gasteiger partial charge is 0.339 e. The lowest BCUT2D eigenvalue weighted by Crippen LogP contribution is -2.28. The number of carboxylic acids is 1. The van der Waals surface area contributed by atoms with E-state index >= 15 is 0 Å². The molecule has 0 aromatic carbocycles. The van der Waals surface area contributed by atoms with E-state index in [4.69, 9.17) is 5.11 Å². The van der Waals surface area contributed by atoms with E-state index in [1.807, 2.05) is 0 Å². The molecular formula is C12H12N4O3. The van der Waals surface area contributed by atoms with Gasteiger partial charge in [-0.25, -0.2) is 14.3 Å². The lowest BCUT2D eigenvalue weighted by Gasteiger charge is -2.15. The van der Waals surface area contributed by atoms with Gasteiger partial charge in [-0.15, -0.1) is 0 Å². The first-order valence-electron chi connectivity index (χ1n) is 5.92. The van der Waals surface area contributed by atoms with Crippen LogP contribution in [0.2, 0.25) is 0 Å². The standard InChI is InChI=1S/C12H12N4O3/c1-15(11(17)7-2-3-7)10-6-16-9(5-13-10)8(4-14-16)12(18)19/h4-7H,2-3H2,1H3,(H,18,19). The van der Waals surface area contributed by atoms with Gasteiger partial charge >= 0.3 is 5.97 Å². The van der Waals surface area contributed by atoms with E-state index in [0.717, 1.165) is 12.8 Å². The molecule has 2 aromatic heterocycles. The zero-order chi connectivity index (χ0) is 13.6. The second kappa shape index (κ2) is 4.04. The number of nitrogens with zero attached hydrogens (tertiary/aromatic N) is 4. The molecule has 0 saturated heterocycles. The summed E-state index contributed by atoms with van der Waals surface area (Å²) < 4.78 is 1.42. The van der Waals surface area contributed by atoms with Crippen molar-refractivity contribution >= 4 is 23.2 Å². The van der Waals surface area contributed by atoms with Crippen LogP contribution in [-0.2, 0) is 4.79 Å². The molecule has 7 nitrogen and oxygen atoms in total. The van der Waals surface area contributed by atoms with Gasteiger partial charge in [0, 0.05) is 13.0 Å². The minimum absolute atomic E-state index is 0.0393. The largest absolute Gasteiger partial charge is 0.478 e. The molecule has 1 amide bonds. The molecule has 2 aromatic rings. The number of rotatable bonds is 3. The molecular weight excluding hydrogens is 248 g/mol. The summed E-state index contributed by atoms with van der Waals surface area (Å²) in [6, 6.07) is 0. The van der Waals surface area contributed by atoms with Crippen molar-refractivity contribution in [3.63, 3.8) is 0 Å². The number of aromatic carboxylic acids is 1. The minimum Gasteiger partial charge on any atom is -0.478 e. The van der Waals surface area contributed by atoms with Crippen molar-refractivity contribution < 1.29 is 14.7 Å². The molecule has 1 N–H and O–H groups in total. The van der Waals surface area contributed by atoms with Gasteiger partial charge in [-0.3, -0.25) is 9.69 Å². The van der Waals surface area contributed by atoms with Crippen molar-refractivity contribution in [1.29, 1.82) is 0 Å². The summed E-state index contributed by atoms with van der Waals surface area (Å²) in [5, 5.41) is 12.9. The van der Waals surface area contributed by atoms with E-state index in [0.29, 0.717) is 11.3 Å². The summed E-state index contributed by atoms with van der Waals surface area (Å²) in [6.07, 6.45) is 6.10. The molecule has 1 aliphatic carbocycles. The van der Waals surface area contributed by atoms with Crippen molar-refractivity contribution in [1.82, 2.24) is 14.6 Å². The Kier molecular flexibility index (Phi) is 2.48. The van der Waals surface area contributed by atoms with E-state index in [9.17, 15) is 9.59 Å². The van der Waals surface area contributed by atoms with E-state index in [1.54, 1.807) is 13.2 Å². The second-order valence-corrected chi connectivity index (χ2v) is 4.61. The third-order valence-electron chi connectivity index (χ3n) is 3.22. The highest BCUT2D eigenvalue weighted by molar-refractivity contribution is 5.96. The maximum absolute atomic E-state index is 11.9. The molecule has 1 aliphatic rings. The van der Waals surface area contributed by atoms with Crippen LogP contribution in [-0.4, -0.2) is 38.6 Å². The van der Waals surface area contributed by atoms with Crippen LogP contribution in [0.3, 0.4) is 0 Å². The van der Waals surface area contributed by atoms with Crippen LogP contribution in [0.4, 0.5) is 5.82 Å². The van der Waals surface area contributed by atoms with Crippen LogP contribution >= 0.6 is 0 Å². The highest BCUT2D eigenvalue weighted by atomic mass is 16.4. The Balaban J connectivity index is 1.97. The summed E-state index contributed by atoms with van der Waals surface area (Å²) in [4.78, 5) is 28.5. The highest BCUT2D eigenvalue weighted by Gasteiger charge is 2.33. The summed E-state index contributed by atoms with van der Waals surface area (Å²) in [5.41, 5.74) is 0.499. The Bertz CT molecular complexity index is 675. The molecule has 3 rings (SSSR count). The Hall–Kier alpha value is -2.44. The van der Waals surface area contributed by atoms with E-state index in [2.05, 4.69) is 10.1 Å². The molecule has 1 saturated carbocycles. The third kappa shape index (κ3) is 1.92. The zero-order valence-electron chi connectivity index (χ0n) is 10.3. The van der Waals surface area contributed by atoms with Crippen LogP contribution in [0, 0.1) is 5.92 Å². The van der Waals surface area contributed by atoms with Gasteiger partial charge in [0.15, 0.2) is 5.82 Å². The summed E-state index contributed by atoms with van der Waals surface area (Å²) in [6.45, 7) is 0. The van der Waals surface area contributed by atoms with Crippen LogP contribution in [0.5, 0.6) is 0 Å². The molecule has 0 aliphatic heterocycles. The minimum atomic E-state index is -1.05. The number of amides is 1. The number of aromatic nitrogens is 3. The quantitative estimate of drug-likeness (QED) is 0.881. The summed E-state index contributed by atoms with van der Waals surface area (Å²) >= 11 is 0. The molecule has 0 atom stereocenters. The molecule has 7 heteroatoms. The number of carboxylic acid groups (broad SMARTS) is 1. The highest BCUT2D eigenvalue weighted by Crippen LogP contribution is 2.31. The molecule has 2 heterocycles. The number of hydrogen-bond acceptors (Lipinski definition) is 4. The zero-order valence-corrected chi connectivity index (χ0v) is 10.3. The van der Waals surface area contributed by atoms with Gasteiger partial charge in [0.05, 0.1) is 24.1 Å². The van der Waals surface area contributed by atoms with Crippen molar-refractivity contribution in [2.24, 2.45) is 5.92 Å². The van der Waals surface area contributed by atoms with Gasteiger partial charge < -0.3 is 5.11 Å². The summed E-state index contributed by atoms with van der Waals surface area (Å²) in [7, 11) is 1.66. The maximum atomic E-state index is 11.9. The lowest BCUT2D eigenvalue weighted by atomic mass is 10.3. The van der Waals surface area contributed by atoms with Crippen LogP contribution in [0.1, 0.15) is 23.2 Å². The van der Waals surface area contributed by atoms with Gasteiger partial charge in [0.1, 0.15) is 5.56 Å². The molecule has 0 spiro atoms. The van der Waals surface area contributed by atoms with Gasteiger partial charge in [-0.1, -0.05) is 0 Å². The molecule has 0 radical (unpaired) electrons. The van der Waals surface area contributed by atoms with Gasteiger partial charge in [0.25, 0.3) is 0 Å². The van der Waals surface area contributed by atoms with Crippen LogP contribution < -0.4 is 4.90 Å². The first-order valence-corrected chi connectivity index (χ1v) is 5.92. The maximum Gasteiger partial charge on any atom is 0.339 e. The Morgan fingerprint density at radius 2 is 2.16 bits per heavy atom. The van der Waals surface area contributed by atoms with E-state index < -0.39 is 5.97 Å². The number of hydrogen-bond donors (Lipinski definition) is 1. The normalized spacial score (nSPS) is 14.6. The van der Waals surface area contributed by atoms with E-state index in [-0.39, 0.29) is 17.4 Å². The topological polar surface area (TPSA) is 87.8 Å². The van der Waals surface area contributed by atoms with Crippen LogP contribution in [0.25, 0.3) is 5.52 Å². The predicted octanol–water partition coefficient (Wildman–Crippen LogP) is 0.800. The molecule has 0 unspecified atom stereocenters. The fourth-order valence-corrected chi connectivity index (χ4v) is 1.93. The number of anilines is 1. The monoisotopic (exact) mass is 260 g/mol. The van der Waals surface area contributed by atoms with Crippen molar-refractivity contribution in [3.8, 4) is 0 Å². The average molecular weight is 260 g/mol. The van der Waals surface area contributed by atoms with Crippen molar-refractivity contribution in [2.75, 3.05) is 11.9 Å². The molecule has 19 heavy (non-hydrogen) atoms. The number of fused-ring (bicyclic) bond motifs is 1.